The Morgan fingerprint density at radius 3 is 2.69 bits per heavy atom. The van der Waals surface area contributed by atoms with Gasteiger partial charge >= 0.3 is 5.76 Å². The zero-order chi connectivity index (χ0) is 20.7. The average molecular weight is 413 g/mol. The van der Waals surface area contributed by atoms with Crippen LogP contribution in [0.15, 0.2) is 51.7 Å². The summed E-state index contributed by atoms with van der Waals surface area (Å²) in [6.07, 6.45) is 0. The molecule has 2 aromatic carbocycles. The van der Waals surface area contributed by atoms with Gasteiger partial charge in [-0.1, -0.05) is 23.7 Å². The molecule has 0 aliphatic carbocycles. The average Bonchev–Trinajstić information content (AvgIpc) is 3.20. The van der Waals surface area contributed by atoms with Crippen molar-refractivity contribution in [3.05, 3.63) is 63.9 Å². The van der Waals surface area contributed by atoms with Gasteiger partial charge in [0.2, 0.25) is 5.91 Å². The highest BCUT2D eigenvalue weighted by molar-refractivity contribution is 6.31. The smallest absolute Gasteiger partial charge is 0.408 e. The summed E-state index contributed by atoms with van der Waals surface area (Å²) < 4.78 is 8.57. The van der Waals surface area contributed by atoms with E-state index in [1.165, 1.54) is 4.57 Å². The summed E-state index contributed by atoms with van der Waals surface area (Å²) in [7, 11) is 0. The fourth-order valence-corrected chi connectivity index (χ4v) is 3.76. The first-order chi connectivity index (χ1) is 13.8. The maximum atomic E-state index is 12.7. The number of carbonyl (C=O) groups is 1. The predicted octanol–water partition coefficient (Wildman–Crippen LogP) is 4.06. The SMILES string of the molecule is CC(NC(=O)Cn1c(=O)oc2ccc(Cl)cc21)c1nc2ccccc2n1C(C)C. The molecule has 4 rings (SSSR count). The molecular formula is C21H21ClN4O3. The van der Waals surface area contributed by atoms with Gasteiger partial charge in [0.15, 0.2) is 5.58 Å². The van der Waals surface area contributed by atoms with Gasteiger partial charge in [0.25, 0.3) is 0 Å². The number of aromatic nitrogens is 3. The molecule has 1 amide bonds. The number of rotatable bonds is 5. The van der Waals surface area contributed by atoms with Crippen LogP contribution in [0.25, 0.3) is 22.1 Å². The summed E-state index contributed by atoms with van der Waals surface area (Å²) >= 11 is 6.02. The molecule has 0 bridgehead atoms. The number of hydrogen-bond donors (Lipinski definition) is 1. The first-order valence-electron chi connectivity index (χ1n) is 9.40. The van der Waals surface area contributed by atoms with Gasteiger partial charge in [-0.15, -0.1) is 0 Å². The van der Waals surface area contributed by atoms with E-state index in [0.29, 0.717) is 16.1 Å². The highest BCUT2D eigenvalue weighted by atomic mass is 35.5. The number of amides is 1. The van der Waals surface area contributed by atoms with Crippen LogP contribution in [-0.2, 0) is 11.3 Å². The van der Waals surface area contributed by atoms with E-state index in [2.05, 4.69) is 23.7 Å². The maximum absolute atomic E-state index is 12.7. The van der Waals surface area contributed by atoms with Gasteiger partial charge in [-0.3, -0.25) is 9.36 Å². The molecule has 0 aliphatic rings. The van der Waals surface area contributed by atoms with Crippen molar-refractivity contribution in [2.75, 3.05) is 0 Å². The lowest BCUT2D eigenvalue weighted by Gasteiger charge is -2.19. The Morgan fingerprint density at radius 2 is 1.93 bits per heavy atom. The van der Waals surface area contributed by atoms with E-state index in [4.69, 9.17) is 21.0 Å². The summed E-state index contributed by atoms with van der Waals surface area (Å²) in [6.45, 7) is 5.86. The molecule has 0 radical (unpaired) electrons. The Morgan fingerprint density at radius 1 is 1.17 bits per heavy atom. The van der Waals surface area contributed by atoms with E-state index in [0.717, 1.165) is 16.9 Å². The third-order valence-corrected chi connectivity index (χ3v) is 5.07. The second-order valence-corrected chi connectivity index (χ2v) is 7.71. The van der Waals surface area contributed by atoms with Crippen molar-refractivity contribution >= 4 is 39.6 Å². The Balaban J connectivity index is 1.61. The summed E-state index contributed by atoms with van der Waals surface area (Å²) in [6, 6.07) is 12.6. The topological polar surface area (TPSA) is 82.1 Å². The highest BCUT2D eigenvalue weighted by Gasteiger charge is 2.21. The largest absolute Gasteiger partial charge is 0.420 e. The van der Waals surface area contributed by atoms with Gasteiger partial charge in [0.1, 0.15) is 12.4 Å². The van der Waals surface area contributed by atoms with Crippen LogP contribution in [0.2, 0.25) is 5.02 Å². The van der Waals surface area contributed by atoms with Crippen molar-refractivity contribution in [2.45, 2.75) is 39.4 Å². The highest BCUT2D eigenvalue weighted by Crippen LogP contribution is 2.25. The Hall–Kier alpha value is -3.06. The van der Waals surface area contributed by atoms with Crippen molar-refractivity contribution in [1.29, 1.82) is 0 Å². The second-order valence-electron chi connectivity index (χ2n) is 7.28. The summed E-state index contributed by atoms with van der Waals surface area (Å²) in [5.74, 6) is -0.147. The number of oxazole rings is 1. The number of halogens is 1. The molecule has 4 aromatic rings. The first kappa shape index (κ1) is 19.3. The van der Waals surface area contributed by atoms with Crippen molar-refractivity contribution in [1.82, 2.24) is 19.4 Å². The number of benzene rings is 2. The van der Waals surface area contributed by atoms with Crippen LogP contribution in [0.1, 0.15) is 38.7 Å². The van der Waals surface area contributed by atoms with Crippen LogP contribution in [0.5, 0.6) is 0 Å². The van der Waals surface area contributed by atoms with Crippen molar-refractivity contribution in [3.63, 3.8) is 0 Å². The third kappa shape index (κ3) is 3.53. The van der Waals surface area contributed by atoms with Crippen molar-refractivity contribution < 1.29 is 9.21 Å². The number of nitrogens with one attached hydrogen (secondary N) is 1. The maximum Gasteiger partial charge on any atom is 0.420 e. The van der Waals surface area contributed by atoms with Crippen LogP contribution in [0.4, 0.5) is 0 Å². The number of carbonyl (C=O) groups excluding carboxylic acids is 1. The zero-order valence-electron chi connectivity index (χ0n) is 16.3. The first-order valence-corrected chi connectivity index (χ1v) is 9.78. The molecule has 1 unspecified atom stereocenters. The van der Waals surface area contributed by atoms with E-state index in [1.807, 2.05) is 31.2 Å². The van der Waals surface area contributed by atoms with Crippen LogP contribution < -0.4 is 11.1 Å². The summed E-state index contributed by atoms with van der Waals surface area (Å²) in [4.78, 5) is 29.6. The van der Waals surface area contributed by atoms with E-state index in [1.54, 1.807) is 18.2 Å². The Labute approximate surface area is 171 Å². The minimum Gasteiger partial charge on any atom is -0.408 e. The number of nitrogens with zero attached hydrogens (tertiary/aromatic N) is 3. The molecule has 0 aliphatic heterocycles. The summed E-state index contributed by atoms with van der Waals surface area (Å²) in [5.41, 5.74) is 2.77. The molecule has 0 spiro atoms. The van der Waals surface area contributed by atoms with Gasteiger partial charge in [-0.25, -0.2) is 9.78 Å². The van der Waals surface area contributed by atoms with Gasteiger partial charge in [-0.2, -0.15) is 0 Å². The van der Waals surface area contributed by atoms with Crippen LogP contribution in [0.3, 0.4) is 0 Å². The van der Waals surface area contributed by atoms with E-state index < -0.39 is 5.76 Å². The van der Waals surface area contributed by atoms with Gasteiger partial charge < -0.3 is 14.3 Å². The lowest BCUT2D eigenvalue weighted by Crippen LogP contribution is -2.33. The van der Waals surface area contributed by atoms with Crippen molar-refractivity contribution in [3.8, 4) is 0 Å². The predicted molar refractivity (Wildman–Crippen MR) is 112 cm³/mol. The van der Waals surface area contributed by atoms with Gasteiger partial charge in [-0.05, 0) is 51.1 Å². The van der Waals surface area contributed by atoms with Crippen LogP contribution in [-0.4, -0.2) is 20.0 Å². The third-order valence-electron chi connectivity index (χ3n) is 4.84. The monoisotopic (exact) mass is 412 g/mol. The molecule has 0 saturated carbocycles. The molecule has 1 atom stereocenters. The number of para-hydroxylation sites is 2. The quantitative estimate of drug-likeness (QED) is 0.536. The molecule has 2 heterocycles. The number of fused-ring (bicyclic) bond motifs is 2. The van der Waals surface area contributed by atoms with Gasteiger partial charge in [0.05, 0.1) is 22.6 Å². The lowest BCUT2D eigenvalue weighted by atomic mass is 10.2. The molecule has 0 saturated heterocycles. The molecule has 7 nitrogen and oxygen atoms in total. The standard InChI is InChI=1S/C21H21ClN4O3/c1-12(2)26-16-7-5-4-6-15(16)24-20(26)13(3)23-19(27)11-25-17-10-14(22)8-9-18(17)29-21(25)28/h4-10,12-13H,11H2,1-3H3,(H,23,27). The minimum atomic E-state index is -0.598. The fourth-order valence-electron chi connectivity index (χ4n) is 3.59. The van der Waals surface area contributed by atoms with Crippen molar-refractivity contribution in [2.24, 2.45) is 0 Å². The zero-order valence-corrected chi connectivity index (χ0v) is 17.1. The fraction of sp³-hybridized carbons (Fsp3) is 0.286. The van der Waals surface area contributed by atoms with Crippen LogP contribution in [0, 0.1) is 0 Å². The molecule has 29 heavy (non-hydrogen) atoms. The molecule has 2 aromatic heterocycles. The van der Waals surface area contributed by atoms with Gasteiger partial charge in [0, 0.05) is 11.1 Å². The summed E-state index contributed by atoms with van der Waals surface area (Å²) in [5, 5.41) is 3.40. The van der Waals surface area contributed by atoms with E-state index in [9.17, 15) is 9.59 Å². The molecular weight excluding hydrogens is 392 g/mol. The number of imidazole rings is 1. The Bertz CT molecular complexity index is 1270. The number of hydrogen-bond acceptors (Lipinski definition) is 4. The van der Waals surface area contributed by atoms with E-state index in [-0.39, 0.29) is 24.5 Å². The normalized spacial score (nSPS) is 12.7. The Kier molecular flexibility index (Phi) is 4.92. The van der Waals surface area contributed by atoms with E-state index >= 15 is 0 Å². The molecule has 1 N–H and O–H groups in total. The molecule has 8 heteroatoms. The minimum absolute atomic E-state index is 0.168. The second kappa shape index (κ2) is 7.40. The lowest BCUT2D eigenvalue weighted by molar-refractivity contribution is -0.122. The van der Waals surface area contributed by atoms with Crippen LogP contribution >= 0.6 is 11.6 Å². The molecule has 0 fully saturated rings. The molecule has 150 valence electrons.